The lowest BCUT2D eigenvalue weighted by atomic mass is 9.96. The number of hydrogen-bond donors (Lipinski definition) is 2. The van der Waals surface area contributed by atoms with Crippen LogP contribution in [0.5, 0.6) is 5.88 Å². The number of carbonyl (C=O) groups is 2. The minimum absolute atomic E-state index is 0.296. The maximum Gasteiger partial charge on any atom is 0.325 e. The van der Waals surface area contributed by atoms with E-state index in [4.69, 9.17) is 4.74 Å². The number of allylic oxidation sites excluding steroid dienone is 1. The maximum absolute atomic E-state index is 12.0. The Hall–Kier alpha value is -3.75. The van der Waals surface area contributed by atoms with Crippen molar-refractivity contribution in [1.29, 1.82) is 0 Å². The molecule has 9 nitrogen and oxygen atoms in total. The number of rotatable bonds is 8. The van der Waals surface area contributed by atoms with Gasteiger partial charge < -0.3 is 10.1 Å². The summed E-state index contributed by atoms with van der Waals surface area (Å²) in [4.78, 5) is 32.6. The standard InChI is InChI=1S/C24H32N6O3/c1-8-16(2)12-25-20(18-13-27-30(7)15-18)11-17(3)33-21-10-9-19(14-26-21)28-23(32)29-22(31)24(4,5)6/h9-16H,3,8H2,1-2,4-7H3,(H2,28,29,31,32)/b20-11-,25-12?. The minimum atomic E-state index is -0.672. The van der Waals surface area contributed by atoms with Crippen LogP contribution in [-0.2, 0) is 11.8 Å². The average Bonchev–Trinajstić information content (AvgIpc) is 3.17. The van der Waals surface area contributed by atoms with E-state index in [0.29, 0.717) is 28.9 Å². The molecule has 0 bridgehead atoms. The lowest BCUT2D eigenvalue weighted by Crippen LogP contribution is -2.41. The number of urea groups is 1. The van der Waals surface area contributed by atoms with Crippen LogP contribution in [0.1, 0.15) is 46.6 Å². The molecular formula is C24H32N6O3. The summed E-state index contributed by atoms with van der Waals surface area (Å²) in [7, 11) is 1.84. The number of aryl methyl sites for hydroxylation is 1. The van der Waals surface area contributed by atoms with Gasteiger partial charge in [-0.3, -0.25) is 19.8 Å². The Bertz CT molecular complexity index is 1040. The van der Waals surface area contributed by atoms with Gasteiger partial charge >= 0.3 is 6.03 Å². The highest BCUT2D eigenvalue weighted by atomic mass is 16.5. The molecule has 2 aromatic heterocycles. The molecule has 33 heavy (non-hydrogen) atoms. The third-order valence-corrected chi connectivity index (χ3v) is 4.55. The number of nitrogens with one attached hydrogen (secondary N) is 2. The highest BCUT2D eigenvalue weighted by Gasteiger charge is 2.23. The smallest absolute Gasteiger partial charge is 0.325 e. The third-order valence-electron chi connectivity index (χ3n) is 4.55. The summed E-state index contributed by atoms with van der Waals surface area (Å²) in [5.41, 5.74) is 1.25. The van der Waals surface area contributed by atoms with E-state index < -0.39 is 11.4 Å². The second kappa shape index (κ2) is 11.2. The Morgan fingerprint density at radius 1 is 1.30 bits per heavy atom. The molecule has 2 rings (SSSR count). The van der Waals surface area contributed by atoms with Crippen LogP contribution in [0, 0.1) is 11.3 Å². The van der Waals surface area contributed by atoms with Crippen molar-refractivity contribution in [1.82, 2.24) is 20.1 Å². The van der Waals surface area contributed by atoms with Gasteiger partial charge in [0, 0.05) is 42.6 Å². The van der Waals surface area contributed by atoms with Crippen LogP contribution in [0.25, 0.3) is 5.70 Å². The first-order valence-corrected chi connectivity index (χ1v) is 10.7. The van der Waals surface area contributed by atoms with Crippen molar-refractivity contribution in [3.8, 4) is 5.88 Å². The van der Waals surface area contributed by atoms with Crippen LogP contribution in [0.2, 0.25) is 0 Å². The molecule has 1 unspecified atom stereocenters. The molecule has 0 fully saturated rings. The summed E-state index contributed by atoms with van der Waals surface area (Å²) in [6.07, 6.45) is 9.60. The number of nitrogens with zero attached hydrogens (tertiary/aromatic N) is 4. The molecule has 2 heterocycles. The predicted octanol–water partition coefficient (Wildman–Crippen LogP) is 4.56. The summed E-state index contributed by atoms with van der Waals surface area (Å²) < 4.78 is 7.41. The molecule has 2 N–H and O–H groups in total. The number of anilines is 1. The summed E-state index contributed by atoms with van der Waals surface area (Å²) in [5, 5.41) is 9.05. The van der Waals surface area contributed by atoms with Crippen LogP contribution in [0.4, 0.5) is 10.5 Å². The molecule has 0 aliphatic carbocycles. The molecule has 2 aromatic rings. The van der Waals surface area contributed by atoms with Gasteiger partial charge in [-0.2, -0.15) is 5.10 Å². The van der Waals surface area contributed by atoms with Crippen molar-refractivity contribution in [3.05, 3.63) is 54.7 Å². The first kappa shape index (κ1) is 25.5. The van der Waals surface area contributed by atoms with E-state index in [9.17, 15) is 9.59 Å². The molecule has 0 aliphatic rings. The second-order valence-corrected chi connectivity index (χ2v) is 8.71. The van der Waals surface area contributed by atoms with E-state index in [0.717, 1.165) is 12.0 Å². The van der Waals surface area contributed by atoms with E-state index in [-0.39, 0.29) is 5.91 Å². The van der Waals surface area contributed by atoms with Crippen LogP contribution < -0.4 is 15.4 Å². The van der Waals surface area contributed by atoms with Crippen molar-refractivity contribution < 1.29 is 14.3 Å². The Balaban J connectivity index is 2.05. The normalized spacial score (nSPS) is 13.0. The van der Waals surface area contributed by atoms with Gasteiger partial charge in [0.1, 0.15) is 5.76 Å². The predicted molar refractivity (Wildman–Crippen MR) is 130 cm³/mol. The Labute approximate surface area is 194 Å². The van der Waals surface area contributed by atoms with Crippen molar-refractivity contribution in [2.45, 2.75) is 41.0 Å². The number of hydrogen-bond acceptors (Lipinski definition) is 6. The zero-order chi connectivity index (χ0) is 24.6. The first-order chi connectivity index (χ1) is 15.5. The summed E-state index contributed by atoms with van der Waals surface area (Å²) in [6.45, 7) is 13.3. The fourth-order valence-electron chi connectivity index (χ4n) is 2.35. The van der Waals surface area contributed by atoms with Gasteiger partial charge in [-0.15, -0.1) is 0 Å². The maximum atomic E-state index is 12.0. The molecule has 0 aliphatic heterocycles. The lowest BCUT2D eigenvalue weighted by Gasteiger charge is -2.17. The number of pyridine rings is 1. The van der Waals surface area contributed by atoms with E-state index >= 15 is 0 Å². The molecule has 0 radical (unpaired) electrons. The van der Waals surface area contributed by atoms with Gasteiger partial charge in [0.25, 0.3) is 0 Å². The van der Waals surface area contributed by atoms with Gasteiger partial charge in [-0.25, -0.2) is 9.78 Å². The van der Waals surface area contributed by atoms with Crippen molar-refractivity contribution in [3.63, 3.8) is 0 Å². The topological polar surface area (TPSA) is 110 Å². The number of amides is 3. The number of ether oxygens (including phenoxy) is 1. The minimum Gasteiger partial charge on any atom is -0.440 e. The number of aliphatic imine (C=N–C) groups is 1. The van der Waals surface area contributed by atoms with Gasteiger partial charge in [0.15, 0.2) is 0 Å². The third kappa shape index (κ3) is 8.36. The largest absolute Gasteiger partial charge is 0.440 e. The van der Waals surface area contributed by atoms with Crippen LogP contribution in [0.15, 0.2) is 54.1 Å². The number of carbonyl (C=O) groups excluding carboxylic acids is 2. The number of imide groups is 1. The Morgan fingerprint density at radius 2 is 2.03 bits per heavy atom. The highest BCUT2D eigenvalue weighted by Crippen LogP contribution is 2.20. The molecule has 0 saturated carbocycles. The second-order valence-electron chi connectivity index (χ2n) is 8.71. The zero-order valence-electron chi connectivity index (χ0n) is 20.0. The monoisotopic (exact) mass is 452 g/mol. The van der Waals surface area contributed by atoms with E-state index in [2.05, 4.69) is 46.1 Å². The van der Waals surface area contributed by atoms with Crippen LogP contribution in [0.3, 0.4) is 0 Å². The molecule has 1 atom stereocenters. The van der Waals surface area contributed by atoms with E-state index in [1.807, 2.05) is 19.5 Å². The summed E-state index contributed by atoms with van der Waals surface area (Å²) in [5.74, 6) is 0.592. The molecule has 0 spiro atoms. The molecule has 9 heteroatoms. The fourth-order valence-corrected chi connectivity index (χ4v) is 2.35. The fraction of sp³-hybridized carbons (Fsp3) is 0.375. The number of aromatic nitrogens is 3. The van der Waals surface area contributed by atoms with Crippen molar-refractivity contribution in [2.24, 2.45) is 23.4 Å². The zero-order valence-corrected chi connectivity index (χ0v) is 20.0. The van der Waals surface area contributed by atoms with Gasteiger partial charge in [-0.1, -0.05) is 41.2 Å². The van der Waals surface area contributed by atoms with E-state index in [1.54, 1.807) is 49.9 Å². The van der Waals surface area contributed by atoms with Crippen LogP contribution in [-0.4, -0.2) is 32.9 Å². The van der Waals surface area contributed by atoms with Crippen LogP contribution >= 0.6 is 0 Å². The average molecular weight is 453 g/mol. The lowest BCUT2D eigenvalue weighted by molar-refractivity contribution is -0.127. The molecule has 0 aromatic carbocycles. The van der Waals surface area contributed by atoms with Gasteiger partial charge in [0.05, 0.1) is 23.8 Å². The SMILES string of the molecule is C=C(/C=C(\N=CC(C)CC)c1cnn(C)c1)Oc1ccc(NC(=O)NC(=O)C(C)(C)C)cn1. The van der Waals surface area contributed by atoms with Gasteiger partial charge in [-0.05, 0) is 18.4 Å². The van der Waals surface area contributed by atoms with Crippen molar-refractivity contribution >= 4 is 29.5 Å². The molecule has 176 valence electrons. The molecule has 0 saturated heterocycles. The van der Waals surface area contributed by atoms with E-state index in [1.165, 1.54) is 6.20 Å². The first-order valence-electron chi connectivity index (χ1n) is 10.7. The molecular weight excluding hydrogens is 420 g/mol. The summed E-state index contributed by atoms with van der Waals surface area (Å²) in [6, 6.07) is 2.58. The Morgan fingerprint density at radius 3 is 2.58 bits per heavy atom. The quantitative estimate of drug-likeness (QED) is 0.347. The van der Waals surface area contributed by atoms with Gasteiger partial charge in [0.2, 0.25) is 11.8 Å². The Kier molecular flexibility index (Phi) is 8.67. The summed E-state index contributed by atoms with van der Waals surface area (Å²) >= 11 is 0. The van der Waals surface area contributed by atoms with Crippen molar-refractivity contribution in [2.75, 3.05) is 5.32 Å². The highest BCUT2D eigenvalue weighted by molar-refractivity contribution is 6.02. The molecule has 3 amide bonds.